The molecule has 1 saturated heterocycles. The molecule has 1 aliphatic heterocycles. The van der Waals surface area contributed by atoms with Crippen molar-refractivity contribution in [3.8, 4) is 0 Å². The van der Waals surface area contributed by atoms with Gasteiger partial charge in [-0.25, -0.2) is 4.79 Å². The fourth-order valence-electron chi connectivity index (χ4n) is 2.09. The van der Waals surface area contributed by atoms with Gasteiger partial charge in [-0.05, 0) is 30.7 Å². The normalized spacial score (nSPS) is 17.8. The number of imide groups is 1. The minimum Gasteiger partial charge on any atom is -0.326 e. The van der Waals surface area contributed by atoms with Crippen LogP contribution in [-0.2, 0) is 9.59 Å². The number of hydrogen-bond donors (Lipinski definition) is 2. The summed E-state index contributed by atoms with van der Waals surface area (Å²) in [6.07, 6.45) is 1.35. The summed E-state index contributed by atoms with van der Waals surface area (Å²) >= 11 is 5.75. The zero-order chi connectivity index (χ0) is 15.4. The molecule has 112 valence electrons. The second-order valence-electron chi connectivity index (χ2n) is 4.77. The third-order valence-corrected chi connectivity index (χ3v) is 3.37. The van der Waals surface area contributed by atoms with Crippen LogP contribution >= 0.6 is 11.6 Å². The summed E-state index contributed by atoms with van der Waals surface area (Å²) in [7, 11) is 0. The third kappa shape index (κ3) is 3.72. The molecular weight excluding hydrogens is 294 g/mol. The van der Waals surface area contributed by atoms with Crippen LogP contribution in [0.5, 0.6) is 0 Å². The van der Waals surface area contributed by atoms with Gasteiger partial charge in [0.25, 0.3) is 5.91 Å². The number of carbonyl (C=O) groups excluding carboxylic acids is 3. The second-order valence-corrected chi connectivity index (χ2v) is 5.21. The maximum Gasteiger partial charge on any atom is 0.325 e. The van der Waals surface area contributed by atoms with Gasteiger partial charge in [-0.2, -0.15) is 0 Å². The van der Waals surface area contributed by atoms with Crippen molar-refractivity contribution in [2.24, 2.45) is 0 Å². The molecule has 21 heavy (non-hydrogen) atoms. The van der Waals surface area contributed by atoms with Gasteiger partial charge in [-0.1, -0.05) is 24.9 Å². The number of nitrogens with zero attached hydrogens (tertiary/aromatic N) is 1. The van der Waals surface area contributed by atoms with Gasteiger partial charge in [-0.3, -0.25) is 14.5 Å². The van der Waals surface area contributed by atoms with Crippen LogP contribution in [0, 0.1) is 0 Å². The molecule has 1 aromatic rings. The van der Waals surface area contributed by atoms with Crippen molar-refractivity contribution >= 4 is 35.1 Å². The van der Waals surface area contributed by atoms with E-state index < -0.39 is 18.0 Å². The van der Waals surface area contributed by atoms with Crippen LogP contribution in [0.3, 0.4) is 0 Å². The SMILES string of the molecule is CCC[C@@H]1NC(=O)N(CC(=O)Nc2ccc(Cl)cc2)C1=O. The minimum atomic E-state index is -0.523. The minimum absolute atomic E-state index is 0.298. The number of nitrogens with one attached hydrogen (secondary N) is 2. The number of benzene rings is 1. The van der Waals surface area contributed by atoms with E-state index in [-0.39, 0.29) is 12.5 Å². The van der Waals surface area contributed by atoms with Crippen molar-refractivity contribution < 1.29 is 14.4 Å². The monoisotopic (exact) mass is 309 g/mol. The van der Waals surface area contributed by atoms with Crippen molar-refractivity contribution in [2.75, 3.05) is 11.9 Å². The highest BCUT2D eigenvalue weighted by Gasteiger charge is 2.38. The number of rotatable bonds is 5. The van der Waals surface area contributed by atoms with Gasteiger partial charge in [0, 0.05) is 10.7 Å². The largest absolute Gasteiger partial charge is 0.326 e. The van der Waals surface area contributed by atoms with Crippen LogP contribution in [0.25, 0.3) is 0 Å². The zero-order valence-electron chi connectivity index (χ0n) is 11.6. The lowest BCUT2D eigenvalue weighted by Crippen LogP contribution is -2.38. The Kier molecular flexibility index (Phi) is 4.80. The summed E-state index contributed by atoms with van der Waals surface area (Å²) in [5.74, 6) is -0.786. The van der Waals surface area contributed by atoms with Crippen molar-refractivity contribution in [2.45, 2.75) is 25.8 Å². The molecule has 1 fully saturated rings. The standard InChI is InChI=1S/C14H16ClN3O3/c1-2-3-11-13(20)18(14(21)17-11)8-12(19)16-10-6-4-9(15)5-7-10/h4-7,11H,2-3,8H2,1H3,(H,16,19)(H,17,21)/t11-/m0/s1. The second kappa shape index (κ2) is 6.58. The Morgan fingerprint density at radius 3 is 2.62 bits per heavy atom. The summed E-state index contributed by atoms with van der Waals surface area (Å²) in [6, 6.07) is 5.53. The van der Waals surface area contributed by atoms with Gasteiger partial charge in [0.15, 0.2) is 0 Å². The Hall–Kier alpha value is -2.08. The molecule has 2 rings (SSSR count). The van der Waals surface area contributed by atoms with Crippen LogP contribution in [0.1, 0.15) is 19.8 Å². The summed E-state index contributed by atoms with van der Waals surface area (Å²) in [6.45, 7) is 1.63. The highest BCUT2D eigenvalue weighted by atomic mass is 35.5. The van der Waals surface area contributed by atoms with E-state index in [1.54, 1.807) is 24.3 Å². The molecule has 1 atom stereocenters. The summed E-state index contributed by atoms with van der Waals surface area (Å²) in [4.78, 5) is 36.5. The Balaban J connectivity index is 1.94. The highest BCUT2D eigenvalue weighted by molar-refractivity contribution is 6.30. The fourth-order valence-corrected chi connectivity index (χ4v) is 2.21. The Morgan fingerprint density at radius 1 is 1.33 bits per heavy atom. The Morgan fingerprint density at radius 2 is 2.00 bits per heavy atom. The van der Waals surface area contributed by atoms with Gasteiger partial charge in [0.1, 0.15) is 12.6 Å². The molecule has 0 radical (unpaired) electrons. The summed E-state index contributed by atoms with van der Waals surface area (Å²) < 4.78 is 0. The van der Waals surface area contributed by atoms with Crippen LogP contribution < -0.4 is 10.6 Å². The van der Waals surface area contributed by atoms with Crippen molar-refractivity contribution in [3.05, 3.63) is 29.3 Å². The topological polar surface area (TPSA) is 78.5 Å². The summed E-state index contributed by atoms with van der Waals surface area (Å²) in [5.41, 5.74) is 0.557. The molecule has 4 amide bonds. The van der Waals surface area contributed by atoms with Gasteiger partial charge in [-0.15, -0.1) is 0 Å². The van der Waals surface area contributed by atoms with E-state index in [1.165, 1.54) is 0 Å². The first-order chi connectivity index (χ1) is 10.0. The maximum absolute atomic E-state index is 12.0. The van der Waals surface area contributed by atoms with E-state index >= 15 is 0 Å². The van der Waals surface area contributed by atoms with Crippen LogP contribution in [-0.4, -0.2) is 35.3 Å². The first-order valence-electron chi connectivity index (χ1n) is 6.68. The van der Waals surface area contributed by atoms with Gasteiger partial charge >= 0.3 is 6.03 Å². The predicted molar refractivity (Wildman–Crippen MR) is 79.0 cm³/mol. The van der Waals surface area contributed by atoms with Crippen molar-refractivity contribution in [1.82, 2.24) is 10.2 Å². The van der Waals surface area contributed by atoms with E-state index in [1.807, 2.05) is 6.92 Å². The molecule has 0 spiro atoms. The Bertz CT molecular complexity index is 559. The highest BCUT2D eigenvalue weighted by Crippen LogP contribution is 2.14. The molecule has 2 N–H and O–H groups in total. The Labute approximate surface area is 127 Å². The average molecular weight is 310 g/mol. The lowest BCUT2D eigenvalue weighted by Gasteiger charge is -2.13. The molecule has 1 aromatic carbocycles. The number of hydrogen-bond acceptors (Lipinski definition) is 3. The van der Waals surface area contributed by atoms with E-state index in [0.717, 1.165) is 11.3 Å². The molecule has 1 aliphatic rings. The van der Waals surface area contributed by atoms with E-state index in [9.17, 15) is 14.4 Å². The van der Waals surface area contributed by atoms with Crippen molar-refractivity contribution in [1.29, 1.82) is 0 Å². The van der Waals surface area contributed by atoms with E-state index in [2.05, 4.69) is 10.6 Å². The molecule has 6 nitrogen and oxygen atoms in total. The quantitative estimate of drug-likeness (QED) is 0.817. The number of carbonyl (C=O) groups is 3. The molecule has 0 saturated carbocycles. The molecule has 0 bridgehead atoms. The predicted octanol–water partition coefficient (Wildman–Crippen LogP) is 2.00. The molecule has 0 aromatic heterocycles. The molecule has 7 heteroatoms. The van der Waals surface area contributed by atoms with Crippen LogP contribution in [0.2, 0.25) is 5.02 Å². The average Bonchev–Trinajstić information content (AvgIpc) is 2.70. The van der Waals surface area contributed by atoms with E-state index in [4.69, 9.17) is 11.6 Å². The lowest BCUT2D eigenvalue weighted by atomic mass is 10.2. The molecule has 1 heterocycles. The molecule has 0 unspecified atom stereocenters. The molecule has 0 aliphatic carbocycles. The van der Waals surface area contributed by atoms with Crippen LogP contribution in [0.15, 0.2) is 24.3 Å². The fraction of sp³-hybridized carbons (Fsp3) is 0.357. The van der Waals surface area contributed by atoms with Gasteiger partial charge in [0.2, 0.25) is 5.91 Å². The zero-order valence-corrected chi connectivity index (χ0v) is 12.3. The first-order valence-corrected chi connectivity index (χ1v) is 7.06. The smallest absolute Gasteiger partial charge is 0.325 e. The van der Waals surface area contributed by atoms with Crippen LogP contribution in [0.4, 0.5) is 10.5 Å². The molecular formula is C14H16ClN3O3. The van der Waals surface area contributed by atoms with Gasteiger partial charge < -0.3 is 10.6 Å². The lowest BCUT2D eigenvalue weighted by molar-refractivity contribution is -0.130. The number of amides is 4. The van der Waals surface area contributed by atoms with Gasteiger partial charge in [0.05, 0.1) is 0 Å². The number of urea groups is 1. The number of anilines is 1. The maximum atomic E-state index is 12.0. The summed E-state index contributed by atoms with van der Waals surface area (Å²) in [5, 5.41) is 5.74. The van der Waals surface area contributed by atoms with E-state index in [0.29, 0.717) is 17.1 Å². The number of halogens is 1. The van der Waals surface area contributed by atoms with Crippen molar-refractivity contribution in [3.63, 3.8) is 0 Å². The third-order valence-electron chi connectivity index (χ3n) is 3.11. The first kappa shape index (κ1) is 15.3.